The van der Waals surface area contributed by atoms with Gasteiger partial charge in [0.1, 0.15) is 5.75 Å². The molecule has 24 heavy (non-hydrogen) atoms. The molecule has 1 aliphatic heterocycles. The molecule has 0 unspecified atom stereocenters. The van der Waals surface area contributed by atoms with E-state index >= 15 is 0 Å². The third kappa shape index (κ3) is 2.99. The molecule has 2 fully saturated rings. The van der Waals surface area contributed by atoms with E-state index in [4.69, 9.17) is 4.74 Å². The van der Waals surface area contributed by atoms with Crippen molar-refractivity contribution in [1.82, 2.24) is 4.31 Å². The highest BCUT2D eigenvalue weighted by Crippen LogP contribution is 2.32. The second-order valence-corrected chi connectivity index (χ2v) is 8.03. The maximum Gasteiger partial charge on any atom is 0.304 e. The summed E-state index contributed by atoms with van der Waals surface area (Å²) in [5.41, 5.74) is 1.63. The zero-order valence-electron chi connectivity index (χ0n) is 13.3. The summed E-state index contributed by atoms with van der Waals surface area (Å²) < 4.78 is 34.6. The molecule has 1 heterocycles. The molecule has 4 rings (SSSR count). The minimum atomic E-state index is -3.50. The van der Waals surface area contributed by atoms with Gasteiger partial charge in [-0.25, -0.2) is 0 Å². The van der Waals surface area contributed by atoms with Gasteiger partial charge in [-0.2, -0.15) is 12.7 Å². The van der Waals surface area contributed by atoms with E-state index in [1.807, 2.05) is 54.6 Å². The molecule has 0 N–H and O–H groups in total. The SMILES string of the molecule is O=S1(=O)N(Cc2ccccc2OC2CC2)CCN1c1ccccc1. The standard InChI is InChI=1S/C18H20N2O3S/c21-24(22)19(12-13-20(24)16-7-2-1-3-8-16)14-15-6-4-5-9-18(15)23-17-10-11-17/h1-9,17H,10-14H2. The summed E-state index contributed by atoms with van der Waals surface area (Å²) in [6.45, 7) is 1.29. The van der Waals surface area contributed by atoms with Crippen LogP contribution in [0.5, 0.6) is 5.75 Å². The summed E-state index contributed by atoms with van der Waals surface area (Å²) >= 11 is 0. The Balaban J connectivity index is 1.56. The molecule has 2 aromatic rings. The first kappa shape index (κ1) is 15.5. The summed E-state index contributed by atoms with van der Waals surface area (Å²) in [5.74, 6) is 0.799. The van der Waals surface area contributed by atoms with Crippen LogP contribution in [0.25, 0.3) is 0 Å². The number of ether oxygens (including phenoxy) is 1. The van der Waals surface area contributed by atoms with E-state index in [1.165, 1.54) is 8.61 Å². The molecular weight excluding hydrogens is 324 g/mol. The van der Waals surface area contributed by atoms with Gasteiger partial charge in [0.15, 0.2) is 0 Å². The zero-order valence-corrected chi connectivity index (χ0v) is 14.2. The van der Waals surface area contributed by atoms with Gasteiger partial charge in [-0.1, -0.05) is 36.4 Å². The lowest BCUT2D eigenvalue weighted by atomic mass is 10.2. The van der Waals surface area contributed by atoms with E-state index in [1.54, 1.807) is 0 Å². The lowest BCUT2D eigenvalue weighted by molar-refractivity contribution is 0.296. The fourth-order valence-corrected chi connectivity index (χ4v) is 4.49. The fraction of sp³-hybridized carbons (Fsp3) is 0.333. The molecule has 0 spiro atoms. The van der Waals surface area contributed by atoms with Crippen molar-refractivity contribution in [2.75, 3.05) is 17.4 Å². The first-order chi connectivity index (χ1) is 11.6. The molecule has 126 valence electrons. The second-order valence-electron chi connectivity index (χ2n) is 6.17. The van der Waals surface area contributed by atoms with Gasteiger partial charge in [0.25, 0.3) is 0 Å². The Morgan fingerprint density at radius 3 is 2.42 bits per heavy atom. The molecule has 0 atom stereocenters. The molecule has 1 aliphatic carbocycles. The topological polar surface area (TPSA) is 49.9 Å². The summed E-state index contributed by atoms with van der Waals surface area (Å²) in [6.07, 6.45) is 2.46. The molecule has 0 radical (unpaired) electrons. The smallest absolute Gasteiger partial charge is 0.304 e. The highest BCUT2D eigenvalue weighted by molar-refractivity contribution is 7.90. The molecule has 1 saturated heterocycles. The fourth-order valence-electron chi connectivity index (χ4n) is 2.89. The van der Waals surface area contributed by atoms with Gasteiger partial charge >= 0.3 is 10.2 Å². The zero-order chi connectivity index (χ0) is 16.6. The molecule has 2 aliphatic rings. The monoisotopic (exact) mass is 344 g/mol. The third-order valence-corrected chi connectivity index (χ3v) is 6.25. The average molecular weight is 344 g/mol. The Morgan fingerprint density at radius 2 is 1.67 bits per heavy atom. The van der Waals surface area contributed by atoms with Gasteiger partial charge in [0, 0.05) is 25.2 Å². The van der Waals surface area contributed by atoms with Gasteiger partial charge in [-0.05, 0) is 31.0 Å². The predicted molar refractivity (Wildman–Crippen MR) is 93.2 cm³/mol. The molecule has 0 amide bonds. The quantitative estimate of drug-likeness (QED) is 0.838. The van der Waals surface area contributed by atoms with Crippen LogP contribution >= 0.6 is 0 Å². The van der Waals surface area contributed by atoms with Crippen molar-refractivity contribution in [2.45, 2.75) is 25.5 Å². The third-order valence-electron chi connectivity index (χ3n) is 4.34. The first-order valence-corrected chi connectivity index (χ1v) is 9.62. The van der Waals surface area contributed by atoms with Crippen molar-refractivity contribution in [3.63, 3.8) is 0 Å². The number of hydrogen-bond donors (Lipinski definition) is 0. The summed E-state index contributed by atoms with van der Waals surface area (Å²) in [5, 5.41) is 0. The lowest BCUT2D eigenvalue weighted by Crippen LogP contribution is -2.32. The van der Waals surface area contributed by atoms with E-state index in [-0.39, 0.29) is 0 Å². The number of benzene rings is 2. The number of para-hydroxylation sites is 2. The highest BCUT2D eigenvalue weighted by atomic mass is 32.2. The Kier molecular flexibility index (Phi) is 3.94. The second kappa shape index (κ2) is 6.11. The van der Waals surface area contributed by atoms with Gasteiger partial charge in [-0.15, -0.1) is 0 Å². The molecular formula is C18H20N2O3S. The number of nitrogens with zero attached hydrogens (tertiary/aromatic N) is 2. The summed E-state index contributed by atoms with van der Waals surface area (Å²) in [6, 6.07) is 17.0. The van der Waals surface area contributed by atoms with Crippen molar-refractivity contribution >= 4 is 15.9 Å². The van der Waals surface area contributed by atoms with Crippen molar-refractivity contribution in [3.8, 4) is 5.75 Å². The van der Waals surface area contributed by atoms with E-state index in [0.29, 0.717) is 31.4 Å². The minimum Gasteiger partial charge on any atom is -0.490 e. The van der Waals surface area contributed by atoms with Crippen LogP contribution in [0.1, 0.15) is 18.4 Å². The average Bonchev–Trinajstić information content (AvgIpc) is 3.35. The van der Waals surface area contributed by atoms with Crippen LogP contribution in [0.4, 0.5) is 5.69 Å². The van der Waals surface area contributed by atoms with E-state index in [2.05, 4.69) is 0 Å². The van der Waals surface area contributed by atoms with Gasteiger partial charge < -0.3 is 4.74 Å². The van der Waals surface area contributed by atoms with Crippen molar-refractivity contribution in [3.05, 3.63) is 60.2 Å². The van der Waals surface area contributed by atoms with Crippen LogP contribution in [0, 0.1) is 0 Å². The van der Waals surface area contributed by atoms with E-state index < -0.39 is 10.2 Å². The van der Waals surface area contributed by atoms with Gasteiger partial charge in [0.2, 0.25) is 0 Å². The molecule has 5 nitrogen and oxygen atoms in total. The number of anilines is 1. The van der Waals surface area contributed by atoms with Crippen LogP contribution < -0.4 is 9.04 Å². The molecule has 6 heteroatoms. The van der Waals surface area contributed by atoms with Crippen molar-refractivity contribution in [2.24, 2.45) is 0 Å². The number of rotatable bonds is 5. The predicted octanol–water partition coefficient (Wildman–Crippen LogP) is 2.79. The van der Waals surface area contributed by atoms with Gasteiger partial charge in [0.05, 0.1) is 11.8 Å². The Labute approximate surface area is 142 Å². The van der Waals surface area contributed by atoms with Crippen LogP contribution in [-0.2, 0) is 16.8 Å². The van der Waals surface area contributed by atoms with E-state index in [0.717, 1.165) is 24.2 Å². The molecule has 0 aromatic heterocycles. The van der Waals surface area contributed by atoms with E-state index in [9.17, 15) is 8.42 Å². The lowest BCUT2D eigenvalue weighted by Gasteiger charge is -2.21. The molecule has 0 bridgehead atoms. The highest BCUT2D eigenvalue weighted by Gasteiger charge is 2.37. The largest absolute Gasteiger partial charge is 0.490 e. The van der Waals surface area contributed by atoms with Crippen molar-refractivity contribution in [1.29, 1.82) is 0 Å². The van der Waals surface area contributed by atoms with Crippen LogP contribution in [-0.4, -0.2) is 31.9 Å². The Morgan fingerprint density at radius 1 is 0.958 bits per heavy atom. The van der Waals surface area contributed by atoms with Crippen LogP contribution in [0.3, 0.4) is 0 Å². The van der Waals surface area contributed by atoms with Gasteiger partial charge in [-0.3, -0.25) is 4.31 Å². The summed E-state index contributed by atoms with van der Waals surface area (Å²) in [7, 11) is -3.50. The number of hydrogen-bond acceptors (Lipinski definition) is 3. The summed E-state index contributed by atoms with van der Waals surface area (Å²) in [4.78, 5) is 0. The normalized spacial score (nSPS) is 20.2. The maximum atomic E-state index is 12.9. The maximum absolute atomic E-state index is 12.9. The van der Waals surface area contributed by atoms with Crippen molar-refractivity contribution < 1.29 is 13.2 Å². The van der Waals surface area contributed by atoms with Crippen LogP contribution in [0.2, 0.25) is 0 Å². The first-order valence-electron chi connectivity index (χ1n) is 8.22. The Hall–Kier alpha value is -2.05. The van der Waals surface area contributed by atoms with Crippen LogP contribution in [0.15, 0.2) is 54.6 Å². The Bertz CT molecular complexity index is 819. The molecule has 1 saturated carbocycles. The molecule has 2 aromatic carbocycles. The minimum absolute atomic E-state index is 0.294.